The van der Waals surface area contributed by atoms with Gasteiger partial charge in [0, 0.05) is 12.1 Å². The maximum absolute atomic E-state index is 11.8. The monoisotopic (exact) mass is 253 g/mol. The van der Waals surface area contributed by atoms with Gasteiger partial charge < -0.3 is 5.32 Å². The fourth-order valence-corrected chi connectivity index (χ4v) is 1.96. The van der Waals surface area contributed by atoms with E-state index in [2.05, 4.69) is 17.4 Å². The van der Waals surface area contributed by atoms with Gasteiger partial charge in [0.15, 0.2) is 0 Å². The van der Waals surface area contributed by atoms with E-state index in [-0.39, 0.29) is 5.91 Å². The molecule has 1 amide bonds. The molecule has 0 aliphatic rings. The first-order valence-electron chi connectivity index (χ1n) is 6.64. The summed E-state index contributed by atoms with van der Waals surface area (Å²) in [6.07, 6.45) is 2.38. The molecular weight excluding hydrogens is 234 g/mol. The van der Waals surface area contributed by atoms with Crippen LogP contribution in [-0.2, 0) is 11.2 Å². The molecule has 2 aromatic carbocycles. The average Bonchev–Trinajstić information content (AvgIpc) is 2.43. The van der Waals surface area contributed by atoms with Crippen molar-refractivity contribution in [1.82, 2.24) is 0 Å². The van der Waals surface area contributed by atoms with Crippen molar-refractivity contribution < 1.29 is 4.79 Å². The normalized spacial score (nSPS) is 10.2. The van der Waals surface area contributed by atoms with Crippen molar-refractivity contribution in [3.05, 3.63) is 65.7 Å². The van der Waals surface area contributed by atoms with Crippen LogP contribution in [0.2, 0.25) is 0 Å². The molecule has 19 heavy (non-hydrogen) atoms. The zero-order chi connectivity index (χ0) is 13.5. The maximum atomic E-state index is 11.8. The molecule has 0 unspecified atom stereocenters. The quantitative estimate of drug-likeness (QED) is 0.858. The highest BCUT2D eigenvalue weighted by Crippen LogP contribution is 2.10. The third-order valence-corrected chi connectivity index (χ3v) is 3.05. The number of carbonyl (C=O) groups excluding carboxylic acids is 1. The van der Waals surface area contributed by atoms with Crippen LogP contribution in [0.5, 0.6) is 0 Å². The second kappa shape index (κ2) is 6.74. The van der Waals surface area contributed by atoms with Crippen molar-refractivity contribution in [2.75, 3.05) is 5.32 Å². The Morgan fingerprint density at radius 1 is 1.00 bits per heavy atom. The van der Waals surface area contributed by atoms with Gasteiger partial charge in [0.2, 0.25) is 5.91 Å². The molecule has 0 aliphatic carbocycles. The Kier molecular flexibility index (Phi) is 4.73. The summed E-state index contributed by atoms with van der Waals surface area (Å²) >= 11 is 0. The highest BCUT2D eigenvalue weighted by atomic mass is 16.1. The highest BCUT2D eigenvalue weighted by molar-refractivity contribution is 5.90. The van der Waals surface area contributed by atoms with Gasteiger partial charge in [-0.15, -0.1) is 0 Å². The summed E-state index contributed by atoms with van der Waals surface area (Å²) in [7, 11) is 0. The Bertz CT molecular complexity index is 517. The smallest absolute Gasteiger partial charge is 0.224 e. The standard InChI is InChI=1S/C17H19NO/c1-14-10-12-16(13-11-14)18-17(19)9-5-8-15-6-3-2-4-7-15/h2-4,6-7,10-13H,5,8-9H2,1H3,(H,18,19). The number of hydrogen-bond acceptors (Lipinski definition) is 1. The Hall–Kier alpha value is -2.09. The molecule has 0 heterocycles. The van der Waals surface area contributed by atoms with E-state index in [4.69, 9.17) is 0 Å². The lowest BCUT2D eigenvalue weighted by atomic mass is 10.1. The highest BCUT2D eigenvalue weighted by Gasteiger charge is 2.02. The van der Waals surface area contributed by atoms with Gasteiger partial charge in [0.05, 0.1) is 0 Å². The summed E-state index contributed by atoms with van der Waals surface area (Å²) in [6.45, 7) is 2.03. The number of anilines is 1. The van der Waals surface area contributed by atoms with Crippen LogP contribution in [0.25, 0.3) is 0 Å². The average molecular weight is 253 g/mol. The van der Waals surface area contributed by atoms with Crippen LogP contribution in [0.15, 0.2) is 54.6 Å². The molecule has 0 fully saturated rings. The molecule has 1 N–H and O–H groups in total. The number of hydrogen-bond donors (Lipinski definition) is 1. The number of carbonyl (C=O) groups is 1. The summed E-state index contributed by atoms with van der Waals surface area (Å²) < 4.78 is 0. The SMILES string of the molecule is Cc1ccc(NC(=O)CCCc2ccccc2)cc1. The molecule has 2 aromatic rings. The number of rotatable bonds is 5. The van der Waals surface area contributed by atoms with Crippen LogP contribution in [0.1, 0.15) is 24.0 Å². The molecule has 0 saturated heterocycles. The van der Waals surface area contributed by atoms with Gasteiger partial charge in [-0.25, -0.2) is 0 Å². The second-order valence-electron chi connectivity index (χ2n) is 4.75. The summed E-state index contributed by atoms with van der Waals surface area (Å²) in [4.78, 5) is 11.8. The molecule has 2 nitrogen and oxygen atoms in total. The largest absolute Gasteiger partial charge is 0.326 e. The van der Waals surface area contributed by atoms with Crippen molar-refractivity contribution >= 4 is 11.6 Å². The topological polar surface area (TPSA) is 29.1 Å². The van der Waals surface area contributed by atoms with Crippen LogP contribution in [0, 0.1) is 6.92 Å². The molecule has 0 atom stereocenters. The Morgan fingerprint density at radius 2 is 1.68 bits per heavy atom. The molecular formula is C17H19NO. The number of aryl methyl sites for hydroxylation is 2. The van der Waals surface area contributed by atoms with Crippen LogP contribution in [-0.4, -0.2) is 5.91 Å². The molecule has 0 spiro atoms. The van der Waals surface area contributed by atoms with Crippen molar-refractivity contribution in [3.8, 4) is 0 Å². The van der Waals surface area contributed by atoms with Gasteiger partial charge in [-0.05, 0) is 37.5 Å². The minimum absolute atomic E-state index is 0.0831. The molecule has 0 saturated carbocycles. The zero-order valence-electron chi connectivity index (χ0n) is 11.2. The molecule has 0 aromatic heterocycles. The van der Waals surface area contributed by atoms with Crippen molar-refractivity contribution in [3.63, 3.8) is 0 Å². The lowest BCUT2D eigenvalue weighted by molar-refractivity contribution is -0.116. The van der Waals surface area contributed by atoms with Crippen LogP contribution < -0.4 is 5.32 Å². The summed E-state index contributed by atoms with van der Waals surface area (Å²) in [5, 5.41) is 2.92. The maximum Gasteiger partial charge on any atom is 0.224 e. The minimum atomic E-state index is 0.0831. The predicted molar refractivity (Wildman–Crippen MR) is 79.2 cm³/mol. The Labute approximate surface area is 114 Å². The van der Waals surface area contributed by atoms with Gasteiger partial charge in [-0.3, -0.25) is 4.79 Å². The Morgan fingerprint density at radius 3 is 2.37 bits per heavy atom. The van der Waals surface area contributed by atoms with Gasteiger partial charge in [-0.1, -0.05) is 48.0 Å². The van der Waals surface area contributed by atoms with Crippen molar-refractivity contribution in [2.24, 2.45) is 0 Å². The van der Waals surface area contributed by atoms with Crippen LogP contribution in [0.3, 0.4) is 0 Å². The number of nitrogens with one attached hydrogen (secondary N) is 1. The minimum Gasteiger partial charge on any atom is -0.326 e. The molecule has 0 bridgehead atoms. The molecule has 0 radical (unpaired) electrons. The molecule has 0 aliphatic heterocycles. The van der Waals surface area contributed by atoms with Gasteiger partial charge >= 0.3 is 0 Å². The predicted octanol–water partition coefficient (Wildman–Crippen LogP) is 3.96. The second-order valence-corrected chi connectivity index (χ2v) is 4.75. The van der Waals surface area contributed by atoms with E-state index in [9.17, 15) is 4.79 Å². The summed E-state index contributed by atoms with van der Waals surface area (Å²) in [5.74, 6) is 0.0831. The van der Waals surface area contributed by atoms with Crippen molar-refractivity contribution in [2.45, 2.75) is 26.2 Å². The molecule has 98 valence electrons. The Balaban J connectivity index is 1.74. The van der Waals surface area contributed by atoms with E-state index >= 15 is 0 Å². The van der Waals surface area contributed by atoms with E-state index in [1.165, 1.54) is 11.1 Å². The van der Waals surface area contributed by atoms with Crippen molar-refractivity contribution in [1.29, 1.82) is 0 Å². The summed E-state index contributed by atoms with van der Waals surface area (Å²) in [5.41, 5.74) is 3.35. The van der Waals surface area contributed by atoms with Gasteiger partial charge in [-0.2, -0.15) is 0 Å². The zero-order valence-corrected chi connectivity index (χ0v) is 11.2. The lowest BCUT2D eigenvalue weighted by Crippen LogP contribution is -2.11. The lowest BCUT2D eigenvalue weighted by Gasteiger charge is -2.05. The van der Waals surface area contributed by atoms with E-state index in [1.807, 2.05) is 49.4 Å². The first-order chi connectivity index (χ1) is 9.24. The van der Waals surface area contributed by atoms with Crippen LogP contribution >= 0.6 is 0 Å². The van der Waals surface area contributed by atoms with Gasteiger partial charge in [0.25, 0.3) is 0 Å². The first kappa shape index (κ1) is 13.3. The third-order valence-electron chi connectivity index (χ3n) is 3.05. The van der Waals surface area contributed by atoms with E-state index in [1.54, 1.807) is 0 Å². The molecule has 2 rings (SSSR count). The third kappa shape index (κ3) is 4.59. The molecule has 2 heteroatoms. The van der Waals surface area contributed by atoms with E-state index < -0.39 is 0 Å². The number of amides is 1. The van der Waals surface area contributed by atoms with E-state index in [0.717, 1.165) is 18.5 Å². The van der Waals surface area contributed by atoms with Gasteiger partial charge in [0.1, 0.15) is 0 Å². The summed E-state index contributed by atoms with van der Waals surface area (Å²) in [6, 6.07) is 18.1. The first-order valence-corrected chi connectivity index (χ1v) is 6.64. The fraction of sp³-hybridized carbons (Fsp3) is 0.235. The van der Waals surface area contributed by atoms with E-state index in [0.29, 0.717) is 6.42 Å². The number of benzene rings is 2. The fourth-order valence-electron chi connectivity index (χ4n) is 1.96. The van der Waals surface area contributed by atoms with Crippen LogP contribution in [0.4, 0.5) is 5.69 Å².